The Morgan fingerprint density at radius 3 is 2.47 bits per heavy atom. The molecule has 0 saturated heterocycles. The van der Waals surface area contributed by atoms with Crippen LogP contribution in [-0.4, -0.2) is 49.8 Å². The zero-order valence-electron chi connectivity index (χ0n) is 10.5. The van der Waals surface area contributed by atoms with E-state index in [4.69, 9.17) is 5.11 Å². The Labute approximate surface area is 109 Å². The SMILES string of the molecule is O=C(NCCOCC(F)F)NCC1(C(=O)O)CCC1. The Morgan fingerprint density at radius 1 is 1.32 bits per heavy atom. The molecule has 0 unspecified atom stereocenters. The van der Waals surface area contributed by atoms with Crippen molar-refractivity contribution in [3.8, 4) is 0 Å². The highest BCUT2D eigenvalue weighted by Gasteiger charge is 2.44. The third-order valence-corrected chi connectivity index (χ3v) is 3.13. The van der Waals surface area contributed by atoms with Crippen LogP contribution < -0.4 is 10.6 Å². The molecule has 1 aliphatic carbocycles. The smallest absolute Gasteiger partial charge is 0.314 e. The van der Waals surface area contributed by atoms with E-state index in [1.165, 1.54) is 0 Å². The van der Waals surface area contributed by atoms with Gasteiger partial charge in [-0.25, -0.2) is 13.6 Å². The number of urea groups is 1. The molecule has 0 bridgehead atoms. The third-order valence-electron chi connectivity index (χ3n) is 3.13. The predicted molar refractivity (Wildman–Crippen MR) is 62.1 cm³/mol. The maximum atomic E-state index is 11.7. The van der Waals surface area contributed by atoms with E-state index in [2.05, 4.69) is 15.4 Å². The molecular formula is C11H18F2N2O4. The van der Waals surface area contributed by atoms with E-state index in [1.54, 1.807) is 0 Å². The molecule has 0 aromatic heterocycles. The van der Waals surface area contributed by atoms with Gasteiger partial charge in [-0.15, -0.1) is 0 Å². The minimum absolute atomic E-state index is 0.0121. The number of halogens is 2. The summed E-state index contributed by atoms with van der Waals surface area (Å²) in [7, 11) is 0. The quantitative estimate of drug-likeness (QED) is 0.574. The molecule has 2 amide bonds. The second-order valence-corrected chi connectivity index (χ2v) is 4.51. The summed E-state index contributed by atoms with van der Waals surface area (Å²) in [6, 6.07) is -0.520. The van der Waals surface area contributed by atoms with Crippen molar-refractivity contribution >= 4 is 12.0 Å². The molecule has 1 aliphatic rings. The van der Waals surface area contributed by atoms with Crippen LogP contribution in [0.4, 0.5) is 13.6 Å². The molecule has 6 nitrogen and oxygen atoms in total. The van der Waals surface area contributed by atoms with Gasteiger partial charge >= 0.3 is 12.0 Å². The van der Waals surface area contributed by atoms with E-state index < -0.39 is 30.4 Å². The summed E-state index contributed by atoms with van der Waals surface area (Å²) in [6.45, 7) is -0.502. The van der Waals surface area contributed by atoms with E-state index in [9.17, 15) is 18.4 Å². The van der Waals surface area contributed by atoms with E-state index >= 15 is 0 Å². The number of carboxylic acids is 1. The molecule has 0 heterocycles. The van der Waals surface area contributed by atoms with Gasteiger partial charge in [0, 0.05) is 13.1 Å². The number of alkyl halides is 2. The maximum absolute atomic E-state index is 11.7. The number of ether oxygens (including phenoxy) is 1. The summed E-state index contributed by atoms with van der Waals surface area (Å²) < 4.78 is 28.0. The summed E-state index contributed by atoms with van der Waals surface area (Å²) in [4.78, 5) is 22.3. The Morgan fingerprint density at radius 2 is 2.00 bits per heavy atom. The van der Waals surface area contributed by atoms with Gasteiger partial charge < -0.3 is 20.5 Å². The molecule has 0 radical (unpaired) electrons. The van der Waals surface area contributed by atoms with E-state index in [-0.39, 0.29) is 19.7 Å². The Bertz CT molecular complexity index is 322. The van der Waals surface area contributed by atoms with Crippen LogP contribution >= 0.6 is 0 Å². The lowest BCUT2D eigenvalue weighted by Crippen LogP contribution is -2.50. The van der Waals surface area contributed by atoms with E-state index in [1.807, 2.05) is 0 Å². The Hall–Kier alpha value is -1.44. The van der Waals surface area contributed by atoms with Crippen LogP contribution in [0.15, 0.2) is 0 Å². The average Bonchev–Trinajstić information content (AvgIpc) is 2.26. The molecule has 1 rings (SSSR count). The molecular weight excluding hydrogens is 262 g/mol. The molecule has 0 aromatic carbocycles. The fraction of sp³-hybridized carbons (Fsp3) is 0.818. The van der Waals surface area contributed by atoms with E-state index in [0.717, 1.165) is 6.42 Å². The van der Waals surface area contributed by atoms with Gasteiger partial charge in [-0.05, 0) is 12.8 Å². The molecule has 0 atom stereocenters. The highest BCUT2D eigenvalue weighted by atomic mass is 19.3. The number of amides is 2. The minimum atomic E-state index is -2.53. The van der Waals surface area contributed by atoms with Crippen LogP contribution in [0.1, 0.15) is 19.3 Å². The van der Waals surface area contributed by atoms with E-state index in [0.29, 0.717) is 12.8 Å². The lowest BCUT2D eigenvalue weighted by atomic mass is 9.69. The van der Waals surface area contributed by atoms with Crippen LogP contribution in [0, 0.1) is 5.41 Å². The fourth-order valence-corrected chi connectivity index (χ4v) is 1.79. The first-order chi connectivity index (χ1) is 8.96. The first-order valence-corrected chi connectivity index (χ1v) is 6.07. The number of nitrogens with one attached hydrogen (secondary N) is 2. The Kier molecular flexibility index (Phi) is 5.94. The van der Waals surface area contributed by atoms with Crippen molar-refractivity contribution in [3.63, 3.8) is 0 Å². The third kappa shape index (κ3) is 4.98. The molecule has 1 saturated carbocycles. The number of carbonyl (C=O) groups excluding carboxylic acids is 1. The largest absolute Gasteiger partial charge is 0.481 e. The summed E-state index contributed by atoms with van der Waals surface area (Å²) in [5.74, 6) is -0.903. The molecule has 3 N–H and O–H groups in total. The molecule has 8 heteroatoms. The predicted octanol–water partition coefficient (Wildman–Crippen LogP) is 0.822. The van der Waals surface area contributed by atoms with Crippen molar-refractivity contribution in [2.75, 3.05) is 26.3 Å². The van der Waals surface area contributed by atoms with Gasteiger partial charge in [0.05, 0.1) is 12.0 Å². The number of aliphatic carboxylic acids is 1. The summed E-state index contributed by atoms with van der Waals surface area (Å²) in [5, 5.41) is 13.9. The molecule has 19 heavy (non-hydrogen) atoms. The molecule has 1 fully saturated rings. The van der Waals surface area contributed by atoms with Crippen molar-refractivity contribution in [2.45, 2.75) is 25.7 Å². The van der Waals surface area contributed by atoms with Crippen molar-refractivity contribution in [1.82, 2.24) is 10.6 Å². The average molecular weight is 280 g/mol. The van der Waals surface area contributed by atoms with Gasteiger partial charge in [-0.3, -0.25) is 4.79 Å². The highest BCUT2D eigenvalue weighted by molar-refractivity contribution is 5.78. The van der Waals surface area contributed by atoms with Gasteiger partial charge in [0.15, 0.2) is 0 Å². The number of hydrogen-bond donors (Lipinski definition) is 3. The molecule has 110 valence electrons. The second-order valence-electron chi connectivity index (χ2n) is 4.51. The molecule has 0 aromatic rings. The normalized spacial score (nSPS) is 16.8. The second kappa shape index (κ2) is 7.22. The van der Waals surface area contributed by atoms with Gasteiger partial charge in [0.2, 0.25) is 0 Å². The number of hydrogen-bond acceptors (Lipinski definition) is 3. The summed E-state index contributed by atoms with van der Waals surface area (Å²) in [6.07, 6.45) is -0.569. The zero-order chi connectivity index (χ0) is 14.3. The van der Waals surface area contributed by atoms with Gasteiger partial charge in [0.25, 0.3) is 6.43 Å². The summed E-state index contributed by atoms with van der Waals surface area (Å²) in [5.41, 5.74) is -0.844. The van der Waals surface area contributed by atoms with Crippen molar-refractivity contribution in [1.29, 1.82) is 0 Å². The fourth-order valence-electron chi connectivity index (χ4n) is 1.79. The Balaban J connectivity index is 2.09. The van der Waals surface area contributed by atoms with Crippen molar-refractivity contribution in [2.24, 2.45) is 5.41 Å². The maximum Gasteiger partial charge on any atom is 0.314 e. The zero-order valence-corrected chi connectivity index (χ0v) is 10.5. The number of rotatable bonds is 8. The van der Waals surface area contributed by atoms with Crippen LogP contribution in [-0.2, 0) is 9.53 Å². The monoisotopic (exact) mass is 280 g/mol. The van der Waals surface area contributed by atoms with Crippen LogP contribution in [0.3, 0.4) is 0 Å². The molecule has 0 spiro atoms. The lowest BCUT2D eigenvalue weighted by molar-refractivity contribution is -0.153. The van der Waals surface area contributed by atoms with Gasteiger partial charge in [0.1, 0.15) is 6.61 Å². The first kappa shape index (κ1) is 15.6. The van der Waals surface area contributed by atoms with Crippen LogP contribution in [0.25, 0.3) is 0 Å². The number of carboxylic acid groups (broad SMARTS) is 1. The summed E-state index contributed by atoms with van der Waals surface area (Å²) >= 11 is 0. The van der Waals surface area contributed by atoms with Crippen molar-refractivity contribution < 1.29 is 28.2 Å². The topological polar surface area (TPSA) is 87.7 Å². The van der Waals surface area contributed by atoms with Crippen LogP contribution in [0.2, 0.25) is 0 Å². The number of carbonyl (C=O) groups is 2. The first-order valence-electron chi connectivity index (χ1n) is 6.07. The van der Waals surface area contributed by atoms with Gasteiger partial charge in [-0.2, -0.15) is 0 Å². The van der Waals surface area contributed by atoms with Crippen LogP contribution in [0.5, 0.6) is 0 Å². The minimum Gasteiger partial charge on any atom is -0.481 e. The standard InChI is InChI=1S/C11H18F2N2O4/c12-8(13)6-19-5-4-14-10(18)15-7-11(9(16)17)2-1-3-11/h8H,1-7H2,(H,16,17)(H2,14,15,18). The highest BCUT2D eigenvalue weighted by Crippen LogP contribution is 2.40. The van der Waals surface area contributed by atoms with Crippen molar-refractivity contribution in [3.05, 3.63) is 0 Å². The molecule has 0 aliphatic heterocycles. The lowest BCUT2D eigenvalue weighted by Gasteiger charge is -2.37. The van der Waals surface area contributed by atoms with Gasteiger partial charge in [-0.1, -0.05) is 6.42 Å².